The molecule has 0 radical (unpaired) electrons. The van der Waals surface area contributed by atoms with E-state index in [1.807, 2.05) is 48.5 Å². The number of hydrogen-bond acceptors (Lipinski definition) is 5. The SMILES string of the molecule is COc1cc2c(cc1OC)/C(=C(/Nc1ccc(C(N)C3CCCCC3)cc1)c1ccccc1)C(=O)N2. The maximum Gasteiger partial charge on any atom is 0.258 e. The van der Waals surface area contributed by atoms with Crippen molar-refractivity contribution in [2.75, 3.05) is 24.9 Å². The van der Waals surface area contributed by atoms with E-state index in [2.05, 4.69) is 22.8 Å². The van der Waals surface area contributed by atoms with Gasteiger partial charge in [0, 0.05) is 23.4 Å². The van der Waals surface area contributed by atoms with E-state index in [0.29, 0.717) is 28.7 Å². The third-order valence-electron chi connectivity index (χ3n) is 7.30. The number of ether oxygens (including phenoxy) is 2. The van der Waals surface area contributed by atoms with Crippen molar-refractivity contribution in [3.63, 3.8) is 0 Å². The molecule has 0 bridgehead atoms. The fraction of sp³-hybridized carbons (Fsp3) is 0.300. The van der Waals surface area contributed by atoms with Crippen molar-refractivity contribution in [1.29, 1.82) is 0 Å². The Morgan fingerprint density at radius 2 is 1.61 bits per heavy atom. The molecular weight excluding hydrogens is 450 g/mol. The van der Waals surface area contributed by atoms with Gasteiger partial charge in [-0.25, -0.2) is 0 Å². The first-order chi connectivity index (χ1) is 17.6. The molecule has 1 fully saturated rings. The van der Waals surface area contributed by atoms with Crippen molar-refractivity contribution in [3.8, 4) is 11.5 Å². The molecule has 1 heterocycles. The number of carbonyl (C=O) groups excluding carboxylic acids is 1. The second kappa shape index (κ2) is 10.5. The monoisotopic (exact) mass is 483 g/mol. The molecule has 6 nitrogen and oxygen atoms in total. The van der Waals surface area contributed by atoms with Crippen LogP contribution in [0.25, 0.3) is 11.3 Å². The second-order valence-corrected chi connectivity index (χ2v) is 9.49. The van der Waals surface area contributed by atoms with Gasteiger partial charge in [0.15, 0.2) is 11.5 Å². The van der Waals surface area contributed by atoms with Crippen LogP contribution in [0.15, 0.2) is 66.7 Å². The standard InChI is InChI=1S/C30H33N3O3/c1-35-25-17-23-24(18-26(25)36-2)33-30(34)27(23)29(21-11-7-4-8-12-21)32-22-15-13-20(14-16-22)28(31)19-9-5-3-6-10-19/h4,7-8,11-19,28,32H,3,5-6,9-10,31H2,1-2H3,(H,33,34)/b29-27-. The van der Waals surface area contributed by atoms with Crippen LogP contribution in [0.2, 0.25) is 0 Å². The van der Waals surface area contributed by atoms with E-state index in [1.54, 1.807) is 20.3 Å². The van der Waals surface area contributed by atoms with Crippen molar-refractivity contribution in [1.82, 2.24) is 0 Å². The van der Waals surface area contributed by atoms with Gasteiger partial charge in [-0.3, -0.25) is 4.79 Å². The van der Waals surface area contributed by atoms with Crippen LogP contribution >= 0.6 is 0 Å². The van der Waals surface area contributed by atoms with Crippen molar-refractivity contribution >= 4 is 28.6 Å². The van der Waals surface area contributed by atoms with Crippen molar-refractivity contribution in [3.05, 3.63) is 83.4 Å². The predicted octanol–water partition coefficient (Wildman–Crippen LogP) is 6.22. The Bertz CT molecular complexity index is 1260. The van der Waals surface area contributed by atoms with E-state index >= 15 is 0 Å². The summed E-state index contributed by atoms with van der Waals surface area (Å²) in [7, 11) is 3.17. The highest BCUT2D eigenvalue weighted by Crippen LogP contribution is 2.43. The summed E-state index contributed by atoms with van der Waals surface area (Å²) < 4.78 is 10.9. The number of hydrogen-bond donors (Lipinski definition) is 3. The molecule has 36 heavy (non-hydrogen) atoms. The zero-order valence-electron chi connectivity index (χ0n) is 20.8. The quantitative estimate of drug-likeness (QED) is 0.348. The highest BCUT2D eigenvalue weighted by atomic mass is 16.5. The molecule has 6 heteroatoms. The minimum atomic E-state index is -0.178. The van der Waals surface area contributed by atoms with Crippen LogP contribution in [0.5, 0.6) is 11.5 Å². The Morgan fingerprint density at radius 1 is 0.944 bits per heavy atom. The Hall–Kier alpha value is -3.77. The van der Waals surface area contributed by atoms with E-state index < -0.39 is 0 Å². The smallest absolute Gasteiger partial charge is 0.258 e. The number of nitrogens with two attached hydrogens (primary N) is 1. The Kier molecular flexibility index (Phi) is 6.96. The van der Waals surface area contributed by atoms with Gasteiger partial charge in [0.2, 0.25) is 0 Å². The first kappa shape index (κ1) is 23.9. The molecule has 1 aliphatic heterocycles. The van der Waals surface area contributed by atoms with Crippen LogP contribution in [0.3, 0.4) is 0 Å². The zero-order chi connectivity index (χ0) is 25.1. The van der Waals surface area contributed by atoms with E-state index in [-0.39, 0.29) is 11.9 Å². The average molecular weight is 484 g/mol. The number of amides is 1. The van der Waals surface area contributed by atoms with Crippen LogP contribution in [0.1, 0.15) is 54.8 Å². The highest BCUT2D eigenvalue weighted by molar-refractivity contribution is 6.37. The molecule has 0 aromatic heterocycles. The molecule has 186 valence electrons. The summed E-state index contributed by atoms with van der Waals surface area (Å²) in [5.74, 6) is 1.50. The van der Waals surface area contributed by atoms with Gasteiger partial charge < -0.3 is 25.8 Å². The van der Waals surface area contributed by atoms with Gasteiger partial charge in [-0.05, 0) is 48.1 Å². The van der Waals surface area contributed by atoms with Crippen molar-refractivity contribution < 1.29 is 14.3 Å². The summed E-state index contributed by atoms with van der Waals surface area (Å²) in [5.41, 5.74) is 12.3. The molecule has 5 rings (SSSR count). The minimum Gasteiger partial charge on any atom is -0.493 e. The number of benzene rings is 3. The van der Waals surface area contributed by atoms with Crippen LogP contribution in [-0.4, -0.2) is 20.1 Å². The Morgan fingerprint density at radius 3 is 2.28 bits per heavy atom. The average Bonchev–Trinajstić information content (AvgIpc) is 3.26. The molecule has 1 aliphatic carbocycles. The van der Waals surface area contributed by atoms with Gasteiger partial charge >= 0.3 is 0 Å². The summed E-state index contributed by atoms with van der Waals surface area (Å²) in [6.45, 7) is 0. The fourth-order valence-corrected chi connectivity index (χ4v) is 5.33. The summed E-state index contributed by atoms with van der Waals surface area (Å²) in [6, 6.07) is 21.9. The Labute approximate surface area is 212 Å². The maximum atomic E-state index is 13.2. The van der Waals surface area contributed by atoms with Gasteiger partial charge in [-0.1, -0.05) is 61.7 Å². The molecule has 3 aromatic rings. The van der Waals surface area contributed by atoms with Crippen LogP contribution < -0.4 is 25.8 Å². The molecule has 4 N–H and O–H groups in total. The van der Waals surface area contributed by atoms with Gasteiger partial charge in [0.05, 0.1) is 31.2 Å². The van der Waals surface area contributed by atoms with Gasteiger partial charge in [-0.2, -0.15) is 0 Å². The summed E-state index contributed by atoms with van der Waals surface area (Å²) in [6.07, 6.45) is 6.26. The number of carbonyl (C=O) groups is 1. The topological polar surface area (TPSA) is 85.6 Å². The molecular formula is C30H33N3O3. The number of nitrogens with one attached hydrogen (secondary N) is 2. The molecule has 0 spiro atoms. The molecule has 1 amide bonds. The van der Waals surface area contributed by atoms with E-state index in [0.717, 1.165) is 28.1 Å². The fourth-order valence-electron chi connectivity index (χ4n) is 5.33. The Balaban J connectivity index is 1.52. The van der Waals surface area contributed by atoms with Crippen LogP contribution in [0.4, 0.5) is 11.4 Å². The zero-order valence-corrected chi connectivity index (χ0v) is 20.8. The highest BCUT2D eigenvalue weighted by Gasteiger charge is 2.30. The first-order valence-electron chi connectivity index (χ1n) is 12.6. The third kappa shape index (κ3) is 4.69. The lowest BCUT2D eigenvalue weighted by Crippen LogP contribution is -2.23. The molecule has 2 aliphatic rings. The lowest BCUT2D eigenvalue weighted by Gasteiger charge is -2.28. The molecule has 0 saturated heterocycles. The summed E-state index contributed by atoms with van der Waals surface area (Å²) in [5, 5.41) is 6.51. The first-order valence-corrected chi connectivity index (χ1v) is 12.6. The number of anilines is 2. The number of fused-ring (bicyclic) bond motifs is 1. The minimum absolute atomic E-state index is 0.0567. The van der Waals surface area contributed by atoms with E-state index in [4.69, 9.17) is 15.2 Å². The summed E-state index contributed by atoms with van der Waals surface area (Å²) in [4.78, 5) is 13.2. The van der Waals surface area contributed by atoms with Crippen molar-refractivity contribution in [2.45, 2.75) is 38.1 Å². The molecule has 1 unspecified atom stereocenters. The summed E-state index contributed by atoms with van der Waals surface area (Å²) >= 11 is 0. The third-order valence-corrected chi connectivity index (χ3v) is 7.30. The number of rotatable bonds is 7. The predicted molar refractivity (Wildman–Crippen MR) is 145 cm³/mol. The largest absolute Gasteiger partial charge is 0.493 e. The lowest BCUT2D eigenvalue weighted by molar-refractivity contribution is -0.110. The number of methoxy groups -OCH3 is 2. The van der Waals surface area contributed by atoms with E-state index in [9.17, 15) is 4.79 Å². The molecule has 1 atom stereocenters. The van der Waals surface area contributed by atoms with Gasteiger partial charge in [0.1, 0.15) is 0 Å². The molecule has 3 aromatic carbocycles. The van der Waals surface area contributed by atoms with Gasteiger partial charge in [-0.15, -0.1) is 0 Å². The van der Waals surface area contributed by atoms with Crippen molar-refractivity contribution in [2.24, 2.45) is 11.7 Å². The van der Waals surface area contributed by atoms with Crippen LogP contribution in [-0.2, 0) is 4.79 Å². The van der Waals surface area contributed by atoms with Crippen LogP contribution in [0, 0.1) is 5.92 Å². The van der Waals surface area contributed by atoms with Gasteiger partial charge in [0.25, 0.3) is 5.91 Å². The normalized spacial score (nSPS) is 17.7. The lowest BCUT2D eigenvalue weighted by atomic mass is 9.81. The van der Waals surface area contributed by atoms with E-state index in [1.165, 1.54) is 32.1 Å². The maximum absolute atomic E-state index is 13.2. The molecule has 1 saturated carbocycles. The second-order valence-electron chi connectivity index (χ2n) is 9.49.